The monoisotopic (exact) mass is 1690 g/mol. The number of alkyl halides is 6. The molecule has 3 amide bonds. The maximum atomic E-state index is 14.9. The molecular formula is C60H92Br6N4O22. The zero-order valence-electron chi connectivity index (χ0n) is 55.1. The molecule has 0 saturated carbocycles. The topological polar surface area (TPSA) is 337 Å². The van der Waals surface area contributed by atoms with Crippen molar-refractivity contribution in [2.45, 2.75) is 161 Å². The van der Waals surface area contributed by atoms with Gasteiger partial charge in [-0.25, -0.2) is 0 Å². The molecule has 526 valence electrons. The zero-order valence-corrected chi connectivity index (χ0v) is 64.6. The maximum absolute atomic E-state index is 14.9. The molecule has 2 unspecified atom stereocenters. The Bertz CT molecular complexity index is 2410. The van der Waals surface area contributed by atoms with Crippen LogP contribution in [0.5, 0.6) is 11.8 Å². The van der Waals surface area contributed by atoms with Crippen LogP contribution in [0.15, 0.2) is 0 Å². The quantitative estimate of drug-likeness (QED) is 0.0183. The summed E-state index contributed by atoms with van der Waals surface area (Å²) in [5, 5.41) is 30.1. The third kappa shape index (κ3) is 25.3. The van der Waals surface area contributed by atoms with Gasteiger partial charge in [0.25, 0.3) is 0 Å². The molecule has 0 aliphatic carbocycles. The van der Waals surface area contributed by atoms with Crippen molar-refractivity contribution in [3.63, 3.8) is 0 Å². The Hall–Kier alpha value is -3.21. The lowest BCUT2D eigenvalue weighted by Gasteiger charge is -2.38. The van der Waals surface area contributed by atoms with Crippen LogP contribution in [0.25, 0.3) is 0 Å². The van der Waals surface area contributed by atoms with Gasteiger partial charge >= 0.3 is 35.8 Å². The summed E-state index contributed by atoms with van der Waals surface area (Å²) in [4.78, 5) is 123. The van der Waals surface area contributed by atoms with E-state index in [1.165, 1.54) is 108 Å². The molecule has 0 spiro atoms. The molecule has 3 heterocycles. The Kier molecular flexibility index (Phi) is 31.0. The van der Waals surface area contributed by atoms with Crippen molar-refractivity contribution >= 4 is 149 Å². The predicted molar refractivity (Wildman–Crippen MR) is 356 cm³/mol. The Balaban J connectivity index is 2.03. The molecule has 0 radical (unpaired) electrons. The number of nitrogens with one attached hydrogen (secondary N) is 3. The van der Waals surface area contributed by atoms with Crippen molar-refractivity contribution < 1.29 is 105 Å². The summed E-state index contributed by atoms with van der Waals surface area (Å²) in [7, 11) is 0. The van der Waals surface area contributed by atoms with Crippen LogP contribution in [0.1, 0.15) is 140 Å². The molecule has 0 aromatic carbocycles. The normalized spacial score (nSPS) is 15.7. The zero-order chi connectivity index (χ0) is 70.3. The maximum Gasteiger partial charge on any atom is 0.322 e. The lowest BCUT2D eigenvalue weighted by molar-refractivity contribution is -0.161. The third-order valence-electron chi connectivity index (χ3n) is 14.5. The highest BCUT2D eigenvalue weighted by Crippen LogP contribution is 2.58. The lowest BCUT2D eigenvalue weighted by atomic mass is 9.84. The predicted octanol–water partition coefficient (Wildman–Crippen LogP) is 7.53. The summed E-state index contributed by atoms with van der Waals surface area (Å²) in [5.74, 6) is -7.11. The number of carbonyl (C=O) groups is 9. The molecular weight excluding hydrogens is 1610 g/mol. The van der Waals surface area contributed by atoms with Gasteiger partial charge in [0, 0.05) is 25.0 Å². The van der Waals surface area contributed by atoms with E-state index in [0.717, 1.165) is 12.8 Å². The molecule has 1 aromatic heterocycles. The van der Waals surface area contributed by atoms with Crippen molar-refractivity contribution in [3.8, 4) is 11.8 Å². The van der Waals surface area contributed by atoms with E-state index in [9.17, 15) is 53.4 Å². The van der Waals surface area contributed by atoms with Crippen LogP contribution in [-0.2, 0) is 102 Å². The van der Waals surface area contributed by atoms with E-state index in [-0.39, 0.29) is 76.8 Å². The van der Waals surface area contributed by atoms with Gasteiger partial charge in [-0.15, -0.1) is 0 Å². The molecule has 2 aliphatic rings. The molecule has 32 heteroatoms. The SMILES string of the molecule is CC(C)(Br)C(=O)OCC(C)(COC(=O)C(C)(C)Br)C(=O)NCC(CNC(=O)C(C)(COC(=O)C(C)(C)Br)COC(=O)C(C)(C)Br)(CNC(=O)C(C)(COC(=O)C(C)(C)Br)COC(=O)C(C)(C)Br)COCCOCCOCCOCCn1c(O)c2c(c1O)C1CCC2O1. The summed E-state index contributed by atoms with van der Waals surface area (Å²) in [6.45, 7) is 17.8. The van der Waals surface area contributed by atoms with E-state index in [2.05, 4.69) is 112 Å². The van der Waals surface area contributed by atoms with Crippen LogP contribution in [0.2, 0.25) is 0 Å². The summed E-state index contributed by atoms with van der Waals surface area (Å²) in [6.07, 6.45) is 1.11. The number of aromatic hydroxyl groups is 2. The van der Waals surface area contributed by atoms with Gasteiger partial charge in [-0.05, 0) is 117 Å². The highest BCUT2D eigenvalue weighted by atomic mass is 79.9. The second-order valence-corrected chi connectivity index (χ2v) is 38.6. The van der Waals surface area contributed by atoms with Crippen LogP contribution < -0.4 is 16.0 Å². The summed E-state index contributed by atoms with van der Waals surface area (Å²) in [6, 6.07) is 0. The number of carbonyl (C=O) groups excluding carboxylic acids is 9. The molecule has 1 fully saturated rings. The van der Waals surface area contributed by atoms with Gasteiger partial charge < -0.3 is 78.3 Å². The van der Waals surface area contributed by atoms with Crippen LogP contribution in [0.3, 0.4) is 0 Å². The van der Waals surface area contributed by atoms with Gasteiger partial charge in [0.15, 0.2) is 11.8 Å². The minimum Gasteiger partial charge on any atom is -0.494 e. The smallest absolute Gasteiger partial charge is 0.322 e. The standard InChI is InChI=1S/C60H92Br6N4O22/c1-51(2,61)45(76)86-29-57(13,30-87-46(77)52(3,4)62)42(73)67-26-60(27-68-43(74)58(14,31-88-47(78)53(5,6)63)32-89-48(79)54(7,8)64,28-69-44(75)59(15,33-90-49(80)55(9,10)65)34-91-50(81)56(11,12)66)35-85-25-24-84-23-22-83-21-20-82-19-18-70-40(71)38-36-16-17-37(92-36)39(38)41(70)72/h36-37,71-72H,16-35H2,1-15H3,(H,67,73)(H,68,74)(H,69,75). The number of esters is 6. The van der Waals surface area contributed by atoms with Crippen molar-refractivity contribution in [2.75, 3.05) is 112 Å². The Morgan fingerprint density at radius 3 is 0.859 bits per heavy atom. The molecule has 2 aliphatic heterocycles. The molecule has 1 aromatic rings. The molecule has 92 heavy (non-hydrogen) atoms. The van der Waals surface area contributed by atoms with Gasteiger partial charge in [-0.2, -0.15) is 0 Å². The molecule has 2 atom stereocenters. The van der Waals surface area contributed by atoms with Gasteiger partial charge in [0.1, 0.15) is 81.8 Å². The van der Waals surface area contributed by atoms with Gasteiger partial charge in [0.2, 0.25) is 17.7 Å². The van der Waals surface area contributed by atoms with Crippen molar-refractivity contribution in [2.24, 2.45) is 21.7 Å². The highest BCUT2D eigenvalue weighted by molar-refractivity contribution is 9.11. The van der Waals surface area contributed by atoms with Crippen LogP contribution in [0.4, 0.5) is 0 Å². The molecule has 26 nitrogen and oxygen atoms in total. The first-order valence-electron chi connectivity index (χ1n) is 29.7. The van der Waals surface area contributed by atoms with E-state index in [4.69, 9.17) is 52.1 Å². The van der Waals surface area contributed by atoms with E-state index in [1.807, 2.05) is 0 Å². The molecule has 1 saturated heterocycles. The summed E-state index contributed by atoms with van der Waals surface area (Å²) < 4.78 is 57.2. The largest absolute Gasteiger partial charge is 0.494 e. The second kappa shape index (κ2) is 34.3. The highest BCUT2D eigenvalue weighted by Gasteiger charge is 2.48. The first kappa shape index (κ1) is 83.0. The van der Waals surface area contributed by atoms with Crippen LogP contribution in [-0.4, -0.2) is 206 Å². The average molecular weight is 1700 g/mol. The number of nitrogens with zero attached hydrogens (tertiary/aromatic N) is 1. The van der Waals surface area contributed by atoms with E-state index >= 15 is 0 Å². The third-order valence-corrected chi connectivity index (χ3v) is 16.4. The summed E-state index contributed by atoms with van der Waals surface area (Å²) in [5.41, 5.74) is -5.82. The Morgan fingerprint density at radius 2 is 0.620 bits per heavy atom. The van der Waals surface area contributed by atoms with Gasteiger partial charge in [-0.3, -0.25) is 47.7 Å². The minimum atomic E-state index is -1.81. The number of hydrogen-bond donors (Lipinski definition) is 5. The van der Waals surface area contributed by atoms with E-state index in [1.54, 1.807) is 0 Å². The number of rotatable bonds is 41. The minimum absolute atomic E-state index is 0.0253. The second-order valence-electron chi connectivity index (χ2n) is 26.7. The van der Waals surface area contributed by atoms with E-state index < -0.39 is 167 Å². The first-order chi connectivity index (χ1) is 42.0. The fraction of sp³-hybridized carbons (Fsp3) is 0.783. The van der Waals surface area contributed by atoms with Gasteiger partial charge in [0.05, 0.1) is 82.7 Å². The number of fused-ring (bicyclic) bond motifs is 5. The fourth-order valence-electron chi connectivity index (χ4n) is 8.33. The number of ether oxygens (including phenoxy) is 11. The number of aromatic nitrogens is 1. The van der Waals surface area contributed by atoms with Crippen molar-refractivity contribution in [1.29, 1.82) is 0 Å². The number of halogens is 6. The van der Waals surface area contributed by atoms with Crippen LogP contribution >= 0.6 is 95.6 Å². The molecule has 2 bridgehead atoms. The Morgan fingerprint density at radius 1 is 0.391 bits per heavy atom. The van der Waals surface area contributed by atoms with Crippen molar-refractivity contribution in [3.05, 3.63) is 11.1 Å². The molecule has 3 rings (SSSR count). The fourth-order valence-corrected chi connectivity index (χ4v) is 9.01. The molecule has 5 N–H and O–H groups in total. The number of hydrogen-bond acceptors (Lipinski definition) is 22. The first-order valence-corrected chi connectivity index (χ1v) is 34.4. The van der Waals surface area contributed by atoms with Crippen LogP contribution in [0, 0.1) is 21.7 Å². The average Bonchev–Trinajstić information content (AvgIpc) is 1.57. The van der Waals surface area contributed by atoms with E-state index in [0.29, 0.717) is 11.1 Å². The van der Waals surface area contributed by atoms with Gasteiger partial charge in [-0.1, -0.05) is 95.6 Å². The van der Waals surface area contributed by atoms with Crippen molar-refractivity contribution in [1.82, 2.24) is 20.5 Å². The number of amides is 3. The lowest BCUT2D eigenvalue weighted by Crippen LogP contribution is -2.59. The summed E-state index contributed by atoms with van der Waals surface area (Å²) >= 11 is 19.6. The Labute approximate surface area is 588 Å².